The van der Waals surface area contributed by atoms with Crippen LogP contribution in [-0.4, -0.2) is 21.8 Å². The number of aromatic nitrogens is 2. The molecule has 2 rings (SSSR count). The number of nitrogens with zero attached hydrogens (tertiary/aromatic N) is 2. The molecule has 0 aliphatic heterocycles. The van der Waals surface area contributed by atoms with E-state index in [9.17, 15) is 5.11 Å². The Morgan fingerprint density at radius 2 is 2.11 bits per heavy atom. The highest BCUT2D eigenvalue weighted by molar-refractivity contribution is 6.30. The molecule has 96 valence electrons. The lowest BCUT2D eigenvalue weighted by Gasteiger charge is -2.11. The molecule has 6 heteroatoms. The molecule has 0 aliphatic carbocycles. The molecule has 1 aromatic heterocycles. The zero-order valence-corrected chi connectivity index (χ0v) is 10.7. The van der Waals surface area contributed by atoms with Crippen molar-refractivity contribution in [2.45, 2.75) is 19.6 Å². The summed E-state index contributed by atoms with van der Waals surface area (Å²) in [6.45, 7) is 2.61. The van der Waals surface area contributed by atoms with Gasteiger partial charge in [0, 0.05) is 18.5 Å². The number of aliphatic hydroxyl groups is 1. The second-order valence-electron chi connectivity index (χ2n) is 3.93. The van der Waals surface area contributed by atoms with Crippen molar-refractivity contribution in [1.29, 1.82) is 0 Å². The zero-order valence-electron chi connectivity index (χ0n) is 9.93. The van der Waals surface area contributed by atoms with E-state index < -0.39 is 6.10 Å². The Morgan fingerprint density at radius 3 is 2.72 bits per heavy atom. The van der Waals surface area contributed by atoms with Crippen LogP contribution in [0.4, 0.5) is 0 Å². The van der Waals surface area contributed by atoms with Gasteiger partial charge in [-0.25, -0.2) is 0 Å². The Bertz CT molecular complexity index is 498. The number of benzene rings is 1. The van der Waals surface area contributed by atoms with Crippen molar-refractivity contribution in [3.63, 3.8) is 0 Å². The van der Waals surface area contributed by atoms with Gasteiger partial charge in [-0.2, -0.15) is 4.98 Å². The monoisotopic (exact) mass is 267 g/mol. The lowest BCUT2D eigenvalue weighted by Crippen LogP contribution is -2.21. The van der Waals surface area contributed by atoms with E-state index in [0.29, 0.717) is 29.8 Å². The largest absolute Gasteiger partial charge is 0.387 e. The molecule has 2 aromatic rings. The molecule has 0 saturated heterocycles. The van der Waals surface area contributed by atoms with Crippen LogP contribution in [0.25, 0.3) is 0 Å². The second-order valence-corrected chi connectivity index (χ2v) is 4.36. The molecule has 0 fully saturated rings. The predicted molar refractivity (Wildman–Crippen MR) is 67.2 cm³/mol. The third-order valence-corrected chi connectivity index (χ3v) is 2.70. The van der Waals surface area contributed by atoms with Gasteiger partial charge in [0.1, 0.15) is 0 Å². The average molecular weight is 268 g/mol. The molecule has 1 aromatic carbocycles. The van der Waals surface area contributed by atoms with Gasteiger partial charge in [0.25, 0.3) is 0 Å². The molecule has 0 saturated carbocycles. The first-order chi connectivity index (χ1) is 8.65. The highest BCUT2D eigenvalue weighted by atomic mass is 35.5. The van der Waals surface area contributed by atoms with Gasteiger partial charge in [-0.15, -0.1) is 0 Å². The number of rotatable bonds is 5. The number of hydrogen-bond donors (Lipinski definition) is 2. The first-order valence-electron chi connectivity index (χ1n) is 5.58. The van der Waals surface area contributed by atoms with Crippen LogP contribution in [0.3, 0.4) is 0 Å². The maximum absolute atomic E-state index is 9.92. The fourth-order valence-electron chi connectivity index (χ4n) is 1.54. The number of aliphatic hydroxyl groups excluding tert-OH is 1. The quantitative estimate of drug-likeness (QED) is 0.865. The van der Waals surface area contributed by atoms with Gasteiger partial charge in [0.2, 0.25) is 5.89 Å². The van der Waals surface area contributed by atoms with Crippen LogP contribution in [0, 0.1) is 6.92 Å². The molecule has 1 unspecified atom stereocenters. The Hall–Kier alpha value is -1.43. The van der Waals surface area contributed by atoms with Gasteiger partial charge >= 0.3 is 0 Å². The average Bonchev–Trinajstić information content (AvgIpc) is 2.76. The fourth-order valence-corrected chi connectivity index (χ4v) is 1.66. The van der Waals surface area contributed by atoms with Crippen LogP contribution in [0.2, 0.25) is 5.02 Å². The first-order valence-corrected chi connectivity index (χ1v) is 5.96. The van der Waals surface area contributed by atoms with E-state index in [2.05, 4.69) is 15.5 Å². The smallest absolute Gasteiger partial charge is 0.223 e. The Labute approximate surface area is 110 Å². The minimum Gasteiger partial charge on any atom is -0.387 e. The summed E-state index contributed by atoms with van der Waals surface area (Å²) in [6, 6.07) is 7.10. The number of hydrogen-bond acceptors (Lipinski definition) is 5. The van der Waals surface area contributed by atoms with E-state index >= 15 is 0 Å². The maximum atomic E-state index is 9.92. The highest BCUT2D eigenvalue weighted by Crippen LogP contribution is 2.15. The van der Waals surface area contributed by atoms with Crippen LogP contribution >= 0.6 is 11.6 Å². The van der Waals surface area contributed by atoms with Crippen LogP contribution < -0.4 is 5.32 Å². The van der Waals surface area contributed by atoms with Gasteiger partial charge in [0.15, 0.2) is 5.82 Å². The predicted octanol–water partition coefficient (Wildman–Crippen LogP) is 1.85. The minimum atomic E-state index is -0.588. The molecule has 1 atom stereocenters. The first kappa shape index (κ1) is 13.0. The van der Waals surface area contributed by atoms with E-state index in [1.165, 1.54) is 0 Å². The van der Waals surface area contributed by atoms with Gasteiger partial charge in [-0.05, 0) is 17.7 Å². The van der Waals surface area contributed by atoms with E-state index in [0.717, 1.165) is 5.56 Å². The summed E-state index contributed by atoms with van der Waals surface area (Å²) < 4.78 is 4.84. The summed E-state index contributed by atoms with van der Waals surface area (Å²) in [5.41, 5.74) is 0.816. The Balaban J connectivity index is 1.81. The topological polar surface area (TPSA) is 71.2 Å². The molecule has 5 nitrogen and oxygen atoms in total. The summed E-state index contributed by atoms with van der Waals surface area (Å²) in [4.78, 5) is 4.05. The summed E-state index contributed by atoms with van der Waals surface area (Å²) in [5, 5.41) is 17.4. The van der Waals surface area contributed by atoms with E-state index in [1.54, 1.807) is 31.2 Å². The van der Waals surface area contributed by atoms with Crippen molar-refractivity contribution < 1.29 is 9.63 Å². The third kappa shape index (κ3) is 3.53. The molecule has 0 aliphatic rings. The lowest BCUT2D eigenvalue weighted by atomic mass is 10.1. The van der Waals surface area contributed by atoms with Crippen LogP contribution in [0.15, 0.2) is 28.8 Å². The summed E-state index contributed by atoms with van der Waals surface area (Å²) in [6.07, 6.45) is -0.588. The SMILES string of the molecule is Cc1nc(CNCC(O)c2ccc(Cl)cc2)no1. The van der Waals surface area contributed by atoms with Crippen molar-refractivity contribution in [1.82, 2.24) is 15.5 Å². The van der Waals surface area contributed by atoms with Gasteiger partial charge < -0.3 is 14.9 Å². The molecule has 1 heterocycles. The van der Waals surface area contributed by atoms with E-state index in [-0.39, 0.29) is 0 Å². The molecule has 0 amide bonds. The van der Waals surface area contributed by atoms with Crippen LogP contribution in [0.1, 0.15) is 23.4 Å². The van der Waals surface area contributed by atoms with E-state index in [4.69, 9.17) is 16.1 Å². The zero-order chi connectivity index (χ0) is 13.0. The standard InChI is InChI=1S/C12H14ClN3O2/c1-8-15-12(16-18-8)7-14-6-11(17)9-2-4-10(13)5-3-9/h2-5,11,14,17H,6-7H2,1H3. The van der Waals surface area contributed by atoms with Crippen molar-refractivity contribution in [3.8, 4) is 0 Å². The Morgan fingerprint density at radius 1 is 1.39 bits per heavy atom. The number of nitrogens with one attached hydrogen (secondary N) is 1. The number of aryl methyl sites for hydroxylation is 1. The van der Waals surface area contributed by atoms with Crippen molar-refractivity contribution in [2.24, 2.45) is 0 Å². The third-order valence-electron chi connectivity index (χ3n) is 2.45. The number of halogens is 1. The van der Waals surface area contributed by atoms with Crippen LogP contribution in [0.5, 0.6) is 0 Å². The van der Waals surface area contributed by atoms with Crippen molar-refractivity contribution in [2.75, 3.05) is 6.54 Å². The highest BCUT2D eigenvalue weighted by Gasteiger charge is 2.08. The normalized spacial score (nSPS) is 12.6. The van der Waals surface area contributed by atoms with Gasteiger partial charge in [-0.1, -0.05) is 28.9 Å². The minimum absolute atomic E-state index is 0.412. The lowest BCUT2D eigenvalue weighted by molar-refractivity contribution is 0.174. The van der Waals surface area contributed by atoms with Gasteiger partial charge in [-0.3, -0.25) is 0 Å². The second kappa shape index (κ2) is 5.95. The molecule has 0 spiro atoms. The van der Waals surface area contributed by atoms with Crippen molar-refractivity contribution in [3.05, 3.63) is 46.6 Å². The molecule has 2 N–H and O–H groups in total. The Kier molecular flexibility index (Phi) is 4.30. The van der Waals surface area contributed by atoms with Gasteiger partial charge in [0.05, 0.1) is 12.6 Å². The fraction of sp³-hybridized carbons (Fsp3) is 0.333. The van der Waals surface area contributed by atoms with E-state index in [1.807, 2.05) is 0 Å². The molecule has 0 bridgehead atoms. The van der Waals surface area contributed by atoms with Crippen molar-refractivity contribution >= 4 is 11.6 Å². The summed E-state index contributed by atoms with van der Waals surface area (Å²) in [7, 11) is 0. The molecule has 18 heavy (non-hydrogen) atoms. The maximum Gasteiger partial charge on any atom is 0.223 e. The summed E-state index contributed by atoms with van der Waals surface area (Å²) in [5.74, 6) is 1.11. The van der Waals surface area contributed by atoms with Crippen LogP contribution in [-0.2, 0) is 6.54 Å². The molecule has 0 radical (unpaired) electrons. The molecular formula is C12H14ClN3O2. The molecular weight excluding hydrogens is 254 g/mol. The summed E-state index contributed by atoms with van der Waals surface area (Å²) >= 11 is 5.78.